The molecule has 0 fully saturated rings. The minimum atomic E-state index is -0.726. The first-order valence-corrected chi connectivity index (χ1v) is 10.1. The van der Waals surface area contributed by atoms with Crippen molar-refractivity contribution in [2.45, 2.75) is 19.8 Å². The number of carbonyl (C=O) groups is 1. The van der Waals surface area contributed by atoms with Crippen molar-refractivity contribution in [3.63, 3.8) is 0 Å². The smallest absolute Gasteiger partial charge is 0.250 e. The number of benzene rings is 1. The van der Waals surface area contributed by atoms with Crippen LogP contribution in [0.25, 0.3) is 22.7 Å². The van der Waals surface area contributed by atoms with Crippen molar-refractivity contribution in [3.05, 3.63) is 87.7 Å². The highest BCUT2D eigenvalue weighted by molar-refractivity contribution is 5.99. The number of pyridine rings is 1. The number of halogens is 2. The van der Waals surface area contributed by atoms with Crippen LogP contribution in [0.2, 0.25) is 0 Å². The fourth-order valence-electron chi connectivity index (χ4n) is 3.45. The highest BCUT2D eigenvalue weighted by Gasteiger charge is 2.22. The topological polar surface area (TPSA) is 104 Å². The van der Waals surface area contributed by atoms with E-state index in [9.17, 15) is 18.4 Å². The van der Waals surface area contributed by atoms with Crippen molar-refractivity contribution < 1.29 is 18.0 Å². The molecule has 7 nitrogen and oxygen atoms in total. The summed E-state index contributed by atoms with van der Waals surface area (Å²) in [5.41, 5.74) is 6.64. The fraction of sp³-hybridized carbons (Fsp3) is 0.167. The monoisotopic (exact) mass is 450 g/mol. The molecule has 3 heterocycles. The van der Waals surface area contributed by atoms with Crippen LogP contribution in [-0.2, 0) is 13.5 Å². The third-order valence-electron chi connectivity index (χ3n) is 5.18. The number of aryl methyl sites for hydroxylation is 2. The Morgan fingerprint density at radius 3 is 2.42 bits per heavy atom. The molecule has 0 amide bonds. The number of ketones is 1. The largest absolute Gasteiger partial charge is 0.460 e. The fourth-order valence-corrected chi connectivity index (χ4v) is 3.45. The van der Waals surface area contributed by atoms with E-state index in [0.29, 0.717) is 22.8 Å². The number of aromatic nitrogens is 3. The molecule has 0 unspecified atom stereocenters. The first kappa shape index (κ1) is 22.1. The summed E-state index contributed by atoms with van der Waals surface area (Å²) >= 11 is 0. The van der Waals surface area contributed by atoms with E-state index in [0.717, 1.165) is 12.1 Å². The van der Waals surface area contributed by atoms with E-state index in [1.54, 1.807) is 38.4 Å². The number of anilines is 1. The molecule has 0 aliphatic heterocycles. The van der Waals surface area contributed by atoms with E-state index in [1.807, 2.05) is 0 Å². The van der Waals surface area contributed by atoms with E-state index >= 15 is 0 Å². The number of furan rings is 1. The summed E-state index contributed by atoms with van der Waals surface area (Å²) < 4.78 is 34.9. The van der Waals surface area contributed by atoms with Crippen LogP contribution in [0.4, 0.5) is 14.6 Å². The molecule has 3 aromatic heterocycles. The Hall–Kier alpha value is -4.14. The molecule has 0 radical (unpaired) electrons. The van der Waals surface area contributed by atoms with Gasteiger partial charge in [0.05, 0.1) is 0 Å². The number of nitrogens with two attached hydrogens (primary N) is 1. The third-order valence-corrected chi connectivity index (χ3v) is 5.18. The zero-order valence-corrected chi connectivity index (χ0v) is 17.9. The van der Waals surface area contributed by atoms with Crippen LogP contribution >= 0.6 is 0 Å². The molecule has 0 aliphatic carbocycles. The average molecular weight is 450 g/mol. The Labute approximate surface area is 187 Å². The molecule has 0 saturated carbocycles. The first-order chi connectivity index (χ1) is 15.7. The van der Waals surface area contributed by atoms with Gasteiger partial charge in [-0.3, -0.25) is 9.59 Å². The number of Topliss-reactive ketones (excluding diaryl/α,β-unsaturated/α-hetero) is 1. The lowest BCUT2D eigenvalue weighted by Gasteiger charge is -2.12. The molecule has 0 spiro atoms. The van der Waals surface area contributed by atoms with Crippen molar-refractivity contribution in [1.82, 2.24) is 14.5 Å². The number of hydrogen-bond acceptors (Lipinski definition) is 6. The summed E-state index contributed by atoms with van der Waals surface area (Å²) in [6.45, 7) is 1.77. The summed E-state index contributed by atoms with van der Waals surface area (Å²) in [7, 11) is 1.59. The van der Waals surface area contributed by atoms with Gasteiger partial charge in [-0.05, 0) is 43.7 Å². The van der Waals surface area contributed by atoms with Crippen molar-refractivity contribution >= 4 is 11.6 Å². The Bertz CT molecular complexity index is 1410. The molecule has 33 heavy (non-hydrogen) atoms. The van der Waals surface area contributed by atoms with Gasteiger partial charge < -0.3 is 14.7 Å². The summed E-state index contributed by atoms with van der Waals surface area (Å²) in [4.78, 5) is 33.6. The van der Waals surface area contributed by atoms with Gasteiger partial charge in [-0.2, -0.15) is 0 Å². The van der Waals surface area contributed by atoms with Gasteiger partial charge in [-0.15, -0.1) is 0 Å². The Kier molecular flexibility index (Phi) is 5.87. The molecule has 0 atom stereocenters. The molecule has 0 aliphatic rings. The lowest BCUT2D eigenvalue weighted by molar-refractivity contribution is 0.0978. The second-order valence-electron chi connectivity index (χ2n) is 7.56. The molecule has 2 N–H and O–H groups in total. The van der Waals surface area contributed by atoms with E-state index in [2.05, 4.69) is 9.97 Å². The standard InChI is InChI=1S/C24H20F2N4O3/c1-13-6-10-19(33-13)23-21(14-7-11-20(32)30(2)12-14)28-22(24(27)29-23)18(31)9-8-15-16(25)4-3-5-17(15)26/h3-7,10-12H,8-9H2,1-2H3,(H2,27,29). The Morgan fingerprint density at radius 2 is 1.79 bits per heavy atom. The molecule has 4 aromatic rings. The summed E-state index contributed by atoms with van der Waals surface area (Å²) in [5.74, 6) is -1.07. The summed E-state index contributed by atoms with van der Waals surface area (Å²) in [5, 5.41) is 0. The molecule has 168 valence electrons. The van der Waals surface area contributed by atoms with Crippen molar-refractivity contribution in [3.8, 4) is 22.7 Å². The lowest BCUT2D eigenvalue weighted by atomic mass is 10.0. The zero-order chi connectivity index (χ0) is 23.7. The maximum Gasteiger partial charge on any atom is 0.250 e. The van der Waals surface area contributed by atoms with Crippen LogP contribution in [0.15, 0.2) is 57.9 Å². The first-order valence-electron chi connectivity index (χ1n) is 10.1. The van der Waals surface area contributed by atoms with E-state index in [-0.39, 0.29) is 41.2 Å². The number of nitrogen functional groups attached to an aromatic ring is 1. The van der Waals surface area contributed by atoms with Crippen LogP contribution in [0.3, 0.4) is 0 Å². The Balaban J connectivity index is 1.77. The van der Waals surface area contributed by atoms with Crippen LogP contribution < -0.4 is 11.3 Å². The van der Waals surface area contributed by atoms with Gasteiger partial charge in [0, 0.05) is 36.9 Å². The number of hydrogen-bond donors (Lipinski definition) is 1. The van der Waals surface area contributed by atoms with E-state index in [1.165, 1.54) is 16.7 Å². The lowest BCUT2D eigenvalue weighted by Crippen LogP contribution is -2.15. The Morgan fingerprint density at radius 1 is 1.06 bits per heavy atom. The minimum Gasteiger partial charge on any atom is -0.460 e. The summed E-state index contributed by atoms with van der Waals surface area (Å²) in [6, 6.07) is 9.90. The number of nitrogens with zero attached hydrogens (tertiary/aromatic N) is 3. The van der Waals surface area contributed by atoms with Gasteiger partial charge in [0.2, 0.25) is 5.56 Å². The molecule has 1 aromatic carbocycles. The molecule has 4 rings (SSSR count). The molecule has 0 saturated heterocycles. The quantitative estimate of drug-likeness (QED) is 0.444. The number of rotatable bonds is 6. The normalized spacial score (nSPS) is 11.0. The van der Waals surface area contributed by atoms with Crippen LogP contribution in [0.5, 0.6) is 0 Å². The van der Waals surface area contributed by atoms with Gasteiger partial charge in [-0.1, -0.05) is 6.07 Å². The second-order valence-corrected chi connectivity index (χ2v) is 7.56. The molecular formula is C24H20F2N4O3. The van der Waals surface area contributed by atoms with Crippen molar-refractivity contribution in [2.75, 3.05) is 5.73 Å². The van der Waals surface area contributed by atoms with Crippen LogP contribution in [-0.4, -0.2) is 20.3 Å². The minimum absolute atomic E-state index is 0.123. The SMILES string of the molecule is Cc1ccc(-c2nc(N)c(C(=O)CCc3c(F)cccc3F)nc2-c2ccc(=O)n(C)c2)o1. The molecule has 9 heteroatoms. The average Bonchev–Trinajstić information content (AvgIpc) is 3.21. The maximum atomic E-state index is 13.9. The third kappa shape index (κ3) is 4.43. The van der Waals surface area contributed by atoms with Crippen LogP contribution in [0, 0.1) is 18.6 Å². The van der Waals surface area contributed by atoms with Gasteiger partial charge in [0.15, 0.2) is 17.4 Å². The highest BCUT2D eigenvalue weighted by atomic mass is 19.1. The van der Waals surface area contributed by atoms with Gasteiger partial charge >= 0.3 is 0 Å². The number of carbonyl (C=O) groups excluding carboxylic acids is 1. The van der Waals surface area contributed by atoms with Crippen LogP contribution in [0.1, 0.15) is 28.2 Å². The van der Waals surface area contributed by atoms with Crippen molar-refractivity contribution in [2.24, 2.45) is 7.05 Å². The second kappa shape index (κ2) is 8.78. The van der Waals surface area contributed by atoms with Gasteiger partial charge in [-0.25, -0.2) is 18.7 Å². The molecular weight excluding hydrogens is 430 g/mol. The predicted octanol–water partition coefficient (Wildman–Crippen LogP) is 4.09. The highest BCUT2D eigenvalue weighted by Crippen LogP contribution is 2.32. The maximum absolute atomic E-state index is 13.9. The predicted molar refractivity (Wildman–Crippen MR) is 119 cm³/mol. The molecule has 0 bridgehead atoms. The zero-order valence-electron chi connectivity index (χ0n) is 17.9. The summed E-state index contributed by atoms with van der Waals surface area (Å²) in [6.07, 6.45) is 1.18. The van der Waals surface area contributed by atoms with Gasteiger partial charge in [0.25, 0.3) is 0 Å². The van der Waals surface area contributed by atoms with E-state index < -0.39 is 17.4 Å². The van der Waals surface area contributed by atoms with Crippen molar-refractivity contribution in [1.29, 1.82) is 0 Å². The van der Waals surface area contributed by atoms with Gasteiger partial charge in [0.1, 0.15) is 34.5 Å². The van der Waals surface area contributed by atoms with E-state index in [4.69, 9.17) is 10.2 Å².